The molecule has 0 fully saturated rings. The summed E-state index contributed by atoms with van der Waals surface area (Å²) in [7, 11) is 0. The van der Waals surface area contributed by atoms with E-state index >= 15 is 0 Å². The maximum Gasteiger partial charge on any atom is 0.213 e. The summed E-state index contributed by atoms with van der Waals surface area (Å²) in [4.78, 5) is 9.46. The number of hydrogen-bond donors (Lipinski definition) is 1. The molecular formula is C17H14N4OS. The summed E-state index contributed by atoms with van der Waals surface area (Å²) in [6.07, 6.45) is 3.44. The Bertz CT molecular complexity index is 975. The van der Waals surface area contributed by atoms with Gasteiger partial charge in [-0.05, 0) is 24.6 Å². The Hall–Kier alpha value is -2.57. The molecular weight excluding hydrogens is 308 g/mol. The van der Waals surface area contributed by atoms with E-state index in [1.807, 2.05) is 24.3 Å². The van der Waals surface area contributed by atoms with E-state index in [-0.39, 0.29) is 6.61 Å². The first kappa shape index (κ1) is 14.0. The lowest BCUT2D eigenvalue weighted by atomic mass is 10.1. The topological polar surface area (TPSA) is 63.3 Å². The Balaban J connectivity index is 1.89. The lowest BCUT2D eigenvalue weighted by Gasteiger charge is -2.01. The molecule has 4 rings (SSSR count). The van der Waals surface area contributed by atoms with Crippen molar-refractivity contribution in [1.82, 2.24) is 19.6 Å². The number of aromatic nitrogens is 4. The fraction of sp³-hybridized carbons (Fsp3) is 0.118. The molecule has 3 heterocycles. The molecule has 0 saturated heterocycles. The van der Waals surface area contributed by atoms with Crippen LogP contribution >= 0.6 is 11.3 Å². The van der Waals surface area contributed by atoms with Crippen LogP contribution in [0.1, 0.15) is 11.3 Å². The number of aliphatic hydroxyl groups excluding tert-OH is 1. The van der Waals surface area contributed by atoms with Crippen molar-refractivity contribution in [3.05, 3.63) is 60.0 Å². The van der Waals surface area contributed by atoms with Crippen molar-refractivity contribution in [2.75, 3.05) is 0 Å². The Labute approximate surface area is 136 Å². The minimum Gasteiger partial charge on any atom is -0.390 e. The third-order valence-corrected chi connectivity index (χ3v) is 4.72. The third-order valence-electron chi connectivity index (χ3n) is 3.78. The number of hydrogen-bond acceptors (Lipinski definition) is 5. The normalized spacial score (nSPS) is 11.2. The summed E-state index contributed by atoms with van der Waals surface area (Å²) in [5.74, 6) is 0. The fourth-order valence-electron chi connectivity index (χ4n) is 2.59. The van der Waals surface area contributed by atoms with Gasteiger partial charge in [-0.1, -0.05) is 35.6 Å². The predicted molar refractivity (Wildman–Crippen MR) is 90.2 cm³/mol. The Morgan fingerprint density at radius 2 is 1.91 bits per heavy atom. The number of imidazole rings is 1. The van der Waals surface area contributed by atoms with Crippen molar-refractivity contribution in [3.8, 4) is 21.8 Å². The first-order chi connectivity index (χ1) is 11.3. The zero-order valence-electron chi connectivity index (χ0n) is 12.5. The van der Waals surface area contributed by atoms with Crippen molar-refractivity contribution < 1.29 is 5.11 Å². The van der Waals surface area contributed by atoms with Crippen molar-refractivity contribution in [2.24, 2.45) is 0 Å². The lowest BCUT2D eigenvalue weighted by molar-refractivity contribution is 0.275. The maximum absolute atomic E-state index is 9.79. The number of rotatable bonds is 3. The second-order valence-electron chi connectivity index (χ2n) is 5.22. The molecule has 1 N–H and O–H groups in total. The van der Waals surface area contributed by atoms with Crippen LogP contribution in [0.15, 0.2) is 48.8 Å². The second kappa shape index (κ2) is 5.57. The maximum atomic E-state index is 9.79. The van der Waals surface area contributed by atoms with Gasteiger partial charge in [0.15, 0.2) is 0 Å². The molecule has 0 bridgehead atoms. The molecule has 0 spiro atoms. The second-order valence-corrected chi connectivity index (χ2v) is 6.17. The first-order valence-corrected chi connectivity index (χ1v) is 8.05. The van der Waals surface area contributed by atoms with E-state index in [4.69, 9.17) is 0 Å². The van der Waals surface area contributed by atoms with Crippen LogP contribution in [0.4, 0.5) is 0 Å². The molecule has 4 aromatic rings. The molecule has 0 radical (unpaired) electrons. The molecule has 0 aliphatic rings. The van der Waals surface area contributed by atoms with Crippen molar-refractivity contribution >= 4 is 16.3 Å². The standard InChI is InChI=1S/C17H14N4OS/c1-11-4-2-3-5-13(11)16-20-21-14(10-22)15(19-17(21)23-16)12-6-8-18-9-7-12/h2-9,22H,10H2,1H3. The zero-order chi connectivity index (χ0) is 15.8. The monoisotopic (exact) mass is 322 g/mol. The number of nitrogens with zero attached hydrogens (tertiary/aromatic N) is 4. The molecule has 1 aromatic carbocycles. The first-order valence-electron chi connectivity index (χ1n) is 7.23. The van der Waals surface area contributed by atoms with Crippen molar-refractivity contribution in [3.63, 3.8) is 0 Å². The number of pyridine rings is 1. The number of aryl methyl sites for hydroxylation is 1. The van der Waals surface area contributed by atoms with Gasteiger partial charge in [0, 0.05) is 23.5 Å². The highest BCUT2D eigenvalue weighted by Gasteiger charge is 2.18. The molecule has 0 aliphatic carbocycles. The minimum atomic E-state index is -0.115. The van der Waals surface area contributed by atoms with Gasteiger partial charge in [0.25, 0.3) is 0 Å². The molecule has 5 nitrogen and oxygen atoms in total. The predicted octanol–water partition coefficient (Wildman–Crippen LogP) is 3.32. The Kier molecular flexibility index (Phi) is 3.40. The molecule has 3 aromatic heterocycles. The van der Waals surface area contributed by atoms with E-state index in [9.17, 15) is 5.11 Å². The largest absolute Gasteiger partial charge is 0.390 e. The van der Waals surface area contributed by atoms with Gasteiger partial charge in [-0.2, -0.15) is 5.10 Å². The molecule has 0 unspecified atom stereocenters. The molecule has 0 atom stereocenters. The molecule has 0 aliphatic heterocycles. The average Bonchev–Trinajstić information content (AvgIpc) is 3.13. The van der Waals surface area contributed by atoms with Gasteiger partial charge in [-0.15, -0.1) is 0 Å². The van der Waals surface area contributed by atoms with E-state index in [0.717, 1.165) is 26.8 Å². The summed E-state index contributed by atoms with van der Waals surface area (Å²) < 4.78 is 1.74. The molecule has 0 amide bonds. The van der Waals surface area contributed by atoms with Crippen LogP contribution in [0.3, 0.4) is 0 Å². The van der Waals surface area contributed by atoms with Gasteiger partial charge >= 0.3 is 0 Å². The Morgan fingerprint density at radius 1 is 1.13 bits per heavy atom. The average molecular weight is 322 g/mol. The Morgan fingerprint density at radius 3 is 2.65 bits per heavy atom. The van der Waals surface area contributed by atoms with Gasteiger partial charge < -0.3 is 5.11 Å². The third kappa shape index (κ3) is 2.32. The highest BCUT2D eigenvalue weighted by molar-refractivity contribution is 7.19. The summed E-state index contributed by atoms with van der Waals surface area (Å²) >= 11 is 1.52. The number of aliphatic hydroxyl groups is 1. The fourth-order valence-corrected chi connectivity index (χ4v) is 3.60. The summed E-state index contributed by atoms with van der Waals surface area (Å²) in [5.41, 5.74) is 4.65. The summed E-state index contributed by atoms with van der Waals surface area (Å²) in [6, 6.07) is 11.9. The van der Waals surface area contributed by atoms with Crippen molar-refractivity contribution in [2.45, 2.75) is 13.5 Å². The van der Waals surface area contributed by atoms with Crippen LogP contribution in [-0.4, -0.2) is 24.7 Å². The van der Waals surface area contributed by atoms with Crippen LogP contribution in [0.2, 0.25) is 0 Å². The summed E-state index contributed by atoms with van der Waals surface area (Å²) in [6.45, 7) is 1.95. The van der Waals surface area contributed by atoms with Crippen LogP contribution in [0.5, 0.6) is 0 Å². The van der Waals surface area contributed by atoms with E-state index in [2.05, 4.69) is 34.1 Å². The van der Waals surface area contributed by atoms with Gasteiger partial charge in [0.05, 0.1) is 18.0 Å². The number of fused-ring (bicyclic) bond motifs is 1. The molecule has 114 valence electrons. The van der Waals surface area contributed by atoms with Crippen LogP contribution in [-0.2, 0) is 6.61 Å². The van der Waals surface area contributed by atoms with Gasteiger partial charge in [-0.3, -0.25) is 4.98 Å². The SMILES string of the molecule is Cc1ccccc1-c1nn2c(CO)c(-c3ccncc3)nc2s1. The van der Waals surface area contributed by atoms with Crippen LogP contribution in [0.25, 0.3) is 26.8 Å². The zero-order valence-corrected chi connectivity index (χ0v) is 13.3. The number of benzene rings is 1. The van der Waals surface area contributed by atoms with Gasteiger partial charge in [0.2, 0.25) is 4.96 Å². The van der Waals surface area contributed by atoms with E-state index in [0.29, 0.717) is 5.69 Å². The smallest absolute Gasteiger partial charge is 0.213 e. The summed E-state index contributed by atoms with van der Waals surface area (Å²) in [5, 5.41) is 15.4. The van der Waals surface area contributed by atoms with Crippen LogP contribution in [0, 0.1) is 6.92 Å². The van der Waals surface area contributed by atoms with Gasteiger partial charge in [0.1, 0.15) is 5.01 Å². The highest BCUT2D eigenvalue weighted by Crippen LogP contribution is 2.32. The lowest BCUT2D eigenvalue weighted by Crippen LogP contribution is -1.96. The highest BCUT2D eigenvalue weighted by atomic mass is 32.1. The van der Waals surface area contributed by atoms with Crippen molar-refractivity contribution in [1.29, 1.82) is 0 Å². The molecule has 23 heavy (non-hydrogen) atoms. The quantitative estimate of drug-likeness (QED) is 0.628. The molecule has 0 saturated carbocycles. The molecule has 6 heteroatoms. The van der Waals surface area contributed by atoms with Gasteiger partial charge in [-0.25, -0.2) is 9.50 Å². The minimum absolute atomic E-state index is 0.115. The van der Waals surface area contributed by atoms with E-state index in [1.165, 1.54) is 16.9 Å². The van der Waals surface area contributed by atoms with E-state index < -0.39 is 0 Å². The van der Waals surface area contributed by atoms with Crippen LogP contribution < -0.4 is 0 Å². The van der Waals surface area contributed by atoms with E-state index in [1.54, 1.807) is 16.9 Å².